The first-order valence-electron chi connectivity index (χ1n) is 17.1. The molecular weight excluding hydrogens is 420 g/mol. The van der Waals surface area contributed by atoms with Crippen LogP contribution in [0.15, 0.2) is 0 Å². The average Bonchev–Trinajstić information content (AvgIpc) is 2.92. The van der Waals surface area contributed by atoms with E-state index in [1.807, 2.05) is 0 Å². The van der Waals surface area contributed by atoms with Crippen LogP contribution >= 0.6 is 0 Å². The van der Waals surface area contributed by atoms with Crippen LogP contribution < -0.4 is 0 Å². The number of rotatable bonds is 8. The highest BCUT2D eigenvalue weighted by Gasteiger charge is 2.50. The number of fused-ring (bicyclic) bond motifs is 1. The van der Waals surface area contributed by atoms with Gasteiger partial charge in [0.25, 0.3) is 0 Å². The van der Waals surface area contributed by atoms with Gasteiger partial charge in [-0.15, -0.1) is 0 Å². The molecule has 6 unspecified atom stereocenters. The van der Waals surface area contributed by atoms with Crippen molar-refractivity contribution in [2.24, 2.45) is 52.8 Å². The van der Waals surface area contributed by atoms with Crippen molar-refractivity contribution < 1.29 is 0 Å². The van der Waals surface area contributed by atoms with Crippen LogP contribution in [0.3, 0.4) is 0 Å². The van der Waals surface area contributed by atoms with E-state index in [-0.39, 0.29) is 0 Å². The molecule has 0 heteroatoms. The summed E-state index contributed by atoms with van der Waals surface area (Å²) in [5, 5.41) is 0. The predicted octanol–water partition coefficient (Wildman–Crippen LogP) is 11.4. The largest absolute Gasteiger partial charge is 0.0622 e. The molecular formula is C35H62. The van der Waals surface area contributed by atoms with Gasteiger partial charge >= 0.3 is 0 Å². The van der Waals surface area contributed by atoms with Crippen LogP contribution in [0.2, 0.25) is 0 Å². The Labute approximate surface area is 220 Å². The molecule has 0 spiro atoms. The van der Waals surface area contributed by atoms with E-state index >= 15 is 0 Å². The van der Waals surface area contributed by atoms with Gasteiger partial charge in [0.1, 0.15) is 0 Å². The highest BCUT2D eigenvalue weighted by molar-refractivity contribution is 5.00. The van der Waals surface area contributed by atoms with E-state index in [0.717, 1.165) is 47.3 Å². The van der Waals surface area contributed by atoms with E-state index in [9.17, 15) is 0 Å². The first-order valence-corrected chi connectivity index (χ1v) is 17.1. The topological polar surface area (TPSA) is 0 Å². The van der Waals surface area contributed by atoms with Crippen molar-refractivity contribution >= 4 is 0 Å². The molecule has 5 aliphatic carbocycles. The van der Waals surface area contributed by atoms with Gasteiger partial charge < -0.3 is 0 Å². The monoisotopic (exact) mass is 482 g/mol. The van der Waals surface area contributed by atoms with Crippen molar-refractivity contribution in [3.05, 3.63) is 0 Å². The van der Waals surface area contributed by atoms with Gasteiger partial charge in [-0.25, -0.2) is 0 Å². The smallest absolute Gasteiger partial charge is 0.0264 e. The fourth-order valence-corrected chi connectivity index (χ4v) is 11.1. The van der Waals surface area contributed by atoms with E-state index in [1.165, 1.54) is 64.2 Å². The minimum absolute atomic E-state index is 0.659. The molecule has 0 aromatic rings. The Morgan fingerprint density at radius 2 is 1.06 bits per heavy atom. The second-order valence-corrected chi connectivity index (χ2v) is 15.1. The summed E-state index contributed by atoms with van der Waals surface area (Å²) < 4.78 is 0. The number of hydrogen-bond donors (Lipinski definition) is 0. The Balaban J connectivity index is 1.39. The van der Waals surface area contributed by atoms with Crippen molar-refractivity contribution in [3.8, 4) is 0 Å². The van der Waals surface area contributed by atoms with Crippen molar-refractivity contribution in [2.75, 3.05) is 0 Å². The Hall–Kier alpha value is 0. The summed E-state index contributed by atoms with van der Waals surface area (Å²) in [6.45, 7) is 5.57. The average molecular weight is 483 g/mol. The maximum atomic E-state index is 2.87. The lowest BCUT2D eigenvalue weighted by atomic mass is 9.49. The molecule has 0 heterocycles. The van der Waals surface area contributed by atoms with Crippen LogP contribution in [0.25, 0.3) is 0 Å². The molecule has 35 heavy (non-hydrogen) atoms. The molecule has 5 saturated carbocycles. The van der Waals surface area contributed by atoms with Crippen LogP contribution in [0.5, 0.6) is 0 Å². The molecule has 0 aromatic heterocycles. The molecule has 5 fully saturated rings. The summed E-state index contributed by atoms with van der Waals surface area (Å²) in [5.74, 6) is 8.40. The Morgan fingerprint density at radius 1 is 0.543 bits per heavy atom. The Bertz CT molecular complexity index is 602. The number of hydrogen-bond acceptors (Lipinski definition) is 0. The Morgan fingerprint density at radius 3 is 1.71 bits per heavy atom. The van der Waals surface area contributed by atoms with Gasteiger partial charge in [0.15, 0.2) is 0 Å². The molecule has 0 bridgehead atoms. The molecule has 5 aliphatic rings. The van der Waals surface area contributed by atoms with E-state index < -0.39 is 0 Å². The van der Waals surface area contributed by atoms with Gasteiger partial charge in [-0.1, -0.05) is 142 Å². The second-order valence-electron chi connectivity index (χ2n) is 15.1. The summed E-state index contributed by atoms with van der Waals surface area (Å²) in [4.78, 5) is 0. The quantitative estimate of drug-likeness (QED) is 0.322. The molecule has 0 aromatic carbocycles. The lowest BCUT2D eigenvalue weighted by Gasteiger charge is -2.56. The molecule has 0 amide bonds. The van der Waals surface area contributed by atoms with Gasteiger partial charge in [-0.05, 0) is 78.4 Å². The van der Waals surface area contributed by atoms with Crippen LogP contribution in [-0.4, -0.2) is 0 Å². The highest BCUT2D eigenvalue weighted by atomic mass is 14.5. The molecule has 0 N–H and O–H groups in total. The maximum absolute atomic E-state index is 2.87. The third-order valence-electron chi connectivity index (χ3n) is 13.1. The molecule has 5 rings (SSSR count). The fourth-order valence-electron chi connectivity index (χ4n) is 11.1. The SMILES string of the molecule is CC(CC(CC(C1CCCCC1)C1(C)CCCC2CCCCC21)C1CCCCC1)C1CCCCC1. The van der Waals surface area contributed by atoms with Gasteiger partial charge in [0.05, 0.1) is 0 Å². The van der Waals surface area contributed by atoms with Crippen molar-refractivity contribution in [1.29, 1.82) is 0 Å². The molecule has 0 nitrogen and oxygen atoms in total. The molecule has 0 radical (unpaired) electrons. The van der Waals surface area contributed by atoms with Gasteiger partial charge in [-0.2, -0.15) is 0 Å². The predicted molar refractivity (Wildman–Crippen MR) is 153 cm³/mol. The van der Waals surface area contributed by atoms with E-state index in [2.05, 4.69) is 13.8 Å². The third-order valence-corrected chi connectivity index (χ3v) is 13.1. The fraction of sp³-hybridized carbons (Fsp3) is 1.00. The second kappa shape index (κ2) is 12.7. The van der Waals surface area contributed by atoms with Crippen LogP contribution in [0.4, 0.5) is 0 Å². The summed E-state index contributed by atoms with van der Waals surface area (Å²) in [6.07, 6.45) is 37.3. The molecule has 0 saturated heterocycles. The standard InChI is InChI=1S/C35H62/c1-27(28-15-6-3-7-16-28)25-32(29-17-8-4-9-18-29)26-34(31-19-10-5-11-20-31)35(2)24-14-22-30-21-12-13-23-33(30)35/h27-34H,3-26H2,1-2H3. The van der Waals surface area contributed by atoms with E-state index in [4.69, 9.17) is 0 Å². The summed E-state index contributed by atoms with van der Waals surface area (Å²) >= 11 is 0. The van der Waals surface area contributed by atoms with Gasteiger partial charge in [0.2, 0.25) is 0 Å². The first-order chi connectivity index (χ1) is 17.1. The zero-order chi connectivity index (χ0) is 24.1. The minimum Gasteiger partial charge on any atom is -0.0622 e. The van der Waals surface area contributed by atoms with Crippen molar-refractivity contribution in [2.45, 2.75) is 168 Å². The lowest BCUT2D eigenvalue weighted by Crippen LogP contribution is -2.47. The molecule has 6 atom stereocenters. The minimum atomic E-state index is 0.659. The Kier molecular flexibility index (Phi) is 9.65. The van der Waals surface area contributed by atoms with Crippen LogP contribution in [0, 0.1) is 52.8 Å². The van der Waals surface area contributed by atoms with Gasteiger partial charge in [0, 0.05) is 0 Å². The zero-order valence-electron chi connectivity index (χ0n) is 24.1. The van der Waals surface area contributed by atoms with Crippen molar-refractivity contribution in [1.82, 2.24) is 0 Å². The third kappa shape index (κ3) is 6.36. The first kappa shape index (κ1) is 26.6. The van der Waals surface area contributed by atoms with E-state index in [1.54, 1.807) is 89.9 Å². The summed E-state index contributed by atoms with van der Waals surface area (Å²) in [5.41, 5.74) is 0.659. The molecule has 202 valence electrons. The van der Waals surface area contributed by atoms with Crippen LogP contribution in [-0.2, 0) is 0 Å². The highest BCUT2D eigenvalue weighted by Crippen LogP contribution is 2.59. The van der Waals surface area contributed by atoms with E-state index in [0.29, 0.717) is 5.41 Å². The molecule has 0 aliphatic heterocycles. The van der Waals surface area contributed by atoms with Crippen molar-refractivity contribution in [3.63, 3.8) is 0 Å². The lowest BCUT2D eigenvalue weighted by molar-refractivity contribution is -0.0634. The summed E-state index contributed by atoms with van der Waals surface area (Å²) in [6, 6.07) is 0. The zero-order valence-corrected chi connectivity index (χ0v) is 24.1. The normalized spacial score (nSPS) is 36.9. The van der Waals surface area contributed by atoms with Crippen LogP contribution in [0.1, 0.15) is 168 Å². The maximum Gasteiger partial charge on any atom is -0.0264 e. The summed E-state index contributed by atoms with van der Waals surface area (Å²) in [7, 11) is 0. The van der Waals surface area contributed by atoms with Gasteiger partial charge in [-0.3, -0.25) is 0 Å².